The van der Waals surface area contributed by atoms with E-state index in [9.17, 15) is 4.79 Å². The van der Waals surface area contributed by atoms with Crippen molar-refractivity contribution in [2.75, 3.05) is 5.32 Å². The minimum Gasteiger partial charge on any atom is -0.436 e. The molecule has 0 fully saturated rings. The molecular weight excluding hydrogens is 288 g/mol. The number of hydrogen-bond acceptors (Lipinski definition) is 3. The summed E-state index contributed by atoms with van der Waals surface area (Å²) < 4.78 is 5.73. The molecule has 3 aromatic rings. The maximum atomic E-state index is 11.1. The number of carbonyl (C=O) groups is 1. The van der Waals surface area contributed by atoms with Crippen LogP contribution in [-0.4, -0.2) is 10.9 Å². The number of rotatable bonds is 2. The molecule has 106 valence electrons. The van der Waals surface area contributed by atoms with E-state index in [-0.39, 0.29) is 5.91 Å². The molecule has 0 spiro atoms. The molecule has 1 N–H and O–H groups in total. The molecule has 0 aliphatic carbocycles. The Kier molecular flexibility index (Phi) is 3.39. The van der Waals surface area contributed by atoms with Crippen molar-refractivity contribution in [3.8, 4) is 11.5 Å². The Bertz CT molecular complexity index is 839. The molecule has 0 bridgehead atoms. The van der Waals surface area contributed by atoms with Crippen LogP contribution in [0.2, 0.25) is 5.02 Å². The van der Waals surface area contributed by atoms with Crippen molar-refractivity contribution in [2.24, 2.45) is 0 Å². The van der Waals surface area contributed by atoms with E-state index in [0.717, 1.165) is 11.1 Å². The third-order valence-corrected chi connectivity index (χ3v) is 3.38. The number of hydrogen-bond donors (Lipinski definition) is 1. The summed E-state index contributed by atoms with van der Waals surface area (Å²) in [6.45, 7) is 3.44. The summed E-state index contributed by atoms with van der Waals surface area (Å²) in [6, 6.07) is 11.0. The molecule has 1 heterocycles. The molecule has 1 amide bonds. The molecule has 21 heavy (non-hydrogen) atoms. The number of nitrogens with zero attached hydrogens (tertiary/aromatic N) is 1. The summed E-state index contributed by atoms with van der Waals surface area (Å²) in [5.41, 5.74) is 3.83. The van der Waals surface area contributed by atoms with Gasteiger partial charge in [0.05, 0.1) is 10.6 Å². The molecule has 4 nitrogen and oxygen atoms in total. The number of aromatic nitrogens is 1. The zero-order valence-corrected chi connectivity index (χ0v) is 12.4. The van der Waals surface area contributed by atoms with Crippen LogP contribution in [0.5, 0.6) is 0 Å². The normalized spacial score (nSPS) is 10.8. The quantitative estimate of drug-likeness (QED) is 0.762. The first-order valence-corrected chi connectivity index (χ1v) is 6.85. The maximum absolute atomic E-state index is 11.1. The molecule has 0 unspecified atom stereocenters. The summed E-state index contributed by atoms with van der Waals surface area (Å²) in [7, 11) is 0. The molecule has 1 aromatic heterocycles. The van der Waals surface area contributed by atoms with Crippen LogP contribution in [0, 0.1) is 6.92 Å². The minimum absolute atomic E-state index is 0.125. The van der Waals surface area contributed by atoms with Gasteiger partial charge in [0.1, 0.15) is 5.52 Å². The summed E-state index contributed by atoms with van der Waals surface area (Å²) >= 11 is 6.23. The average molecular weight is 301 g/mol. The summed E-state index contributed by atoms with van der Waals surface area (Å²) in [4.78, 5) is 15.5. The van der Waals surface area contributed by atoms with Crippen LogP contribution in [0.15, 0.2) is 40.8 Å². The number of benzene rings is 2. The molecular formula is C16H13ClN2O2. The first-order chi connectivity index (χ1) is 10.0. The Morgan fingerprint density at radius 2 is 2.05 bits per heavy atom. The van der Waals surface area contributed by atoms with Crippen molar-refractivity contribution >= 4 is 34.3 Å². The van der Waals surface area contributed by atoms with Crippen LogP contribution >= 0.6 is 11.6 Å². The van der Waals surface area contributed by atoms with E-state index >= 15 is 0 Å². The standard InChI is InChI=1S/C16H13ClN2O2/c1-9-3-5-12(13(17)7-9)16-19-14-8-11(18-10(2)20)4-6-15(14)21-16/h3-8H,1-2H3,(H,18,20). The second-order valence-corrected chi connectivity index (χ2v) is 5.27. The van der Waals surface area contributed by atoms with Gasteiger partial charge < -0.3 is 9.73 Å². The molecule has 2 aromatic carbocycles. The number of halogens is 1. The van der Waals surface area contributed by atoms with Crippen molar-refractivity contribution < 1.29 is 9.21 Å². The van der Waals surface area contributed by atoms with Gasteiger partial charge in [-0.15, -0.1) is 0 Å². The Morgan fingerprint density at radius 1 is 1.24 bits per heavy atom. The van der Waals surface area contributed by atoms with Crippen molar-refractivity contribution in [1.29, 1.82) is 0 Å². The Hall–Kier alpha value is -2.33. The van der Waals surface area contributed by atoms with E-state index in [0.29, 0.717) is 27.7 Å². The highest BCUT2D eigenvalue weighted by atomic mass is 35.5. The van der Waals surface area contributed by atoms with Gasteiger partial charge in [0.25, 0.3) is 0 Å². The zero-order chi connectivity index (χ0) is 15.0. The van der Waals surface area contributed by atoms with Crippen LogP contribution < -0.4 is 5.32 Å². The second kappa shape index (κ2) is 5.22. The molecule has 5 heteroatoms. The third-order valence-electron chi connectivity index (χ3n) is 3.06. The number of carbonyl (C=O) groups excluding carboxylic acids is 1. The van der Waals surface area contributed by atoms with E-state index in [2.05, 4.69) is 10.3 Å². The number of oxazole rings is 1. The number of fused-ring (bicyclic) bond motifs is 1. The Morgan fingerprint density at radius 3 is 2.76 bits per heavy atom. The number of amides is 1. The van der Waals surface area contributed by atoms with Crippen molar-refractivity contribution in [3.63, 3.8) is 0 Å². The Balaban J connectivity index is 2.06. The smallest absolute Gasteiger partial charge is 0.228 e. The second-order valence-electron chi connectivity index (χ2n) is 4.87. The first-order valence-electron chi connectivity index (χ1n) is 6.47. The highest BCUT2D eigenvalue weighted by Crippen LogP contribution is 2.31. The molecule has 0 saturated heterocycles. The predicted molar refractivity (Wildman–Crippen MR) is 83.5 cm³/mol. The molecule has 0 atom stereocenters. The van der Waals surface area contributed by atoms with Crippen molar-refractivity contribution in [3.05, 3.63) is 47.0 Å². The topological polar surface area (TPSA) is 55.1 Å². The number of aryl methyl sites for hydroxylation is 1. The highest BCUT2D eigenvalue weighted by Gasteiger charge is 2.12. The van der Waals surface area contributed by atoms with Gasteiger partial charge >= 0.3 is 0 Å². The SMILES string of the molecule is CC(=O)Nc1ccc2oc(-c3ccc(C)cc3Cl)nc2c1. The number of nitrogens with one attached hydrogen (secondary N) is 1. The lowest BCUT2D eigenvalue weighted by molar-refractivity contribution is -0.114. The van der Waals surface area contributed by atoms with Gasteiger partial charge in [-0.25, -0.2) is 4.98 Å². The molecule has 3 rings (SSSR count). The number of anilines is 1. The fraction of sp³-hybridized carbons (Fsp3) is 0.125. The average Bonchev–Trinajstić information content (AvgIpc) is 2.80. The maximum Gasteiger partial charge on any atom is 0.228 e. The van der Waals surface area contributed by atoms with Gasteiger partial charge in [0.15, 0.2) is 5.58 Å². The lowest BCUT2D eigenvalue weighted by Crippen LogP contribution is -2.05. The summed E-state index contributed by atoms with van der Waals surface area (Å²) in [6.07, 6.45) is 0. The van der Waals surface area contributed by atoms with Gasteiger partial charge in [-0.1, -0.05) is 17.7 Å². The van der Waals surface area contributed by atoms with Crippen LogP contribution in [-0.2, 0) is 4.79 Å². The lowest BCUT2D eigenvalue weighted by Gasteiger charge is -2.00. The largest absolute Gasteiger partial charge is 0.436 e. The van der Waals surface area contributed by atoms with Gasteiger partial charge in [0, 0.05) is 12.6 Å². The Labute approximate surface area is 126 Å². The molecule has 0 radical (unpaired) electrons. The molecule has 0 saturated carbocycles. The van der Waals surface area contributed by atoms with E-state index < -0.39 is 0 Å². The first kappa shape index (κ1) is 13.6. The van der Waals surface area contributed by atoms with Crippen LogP contribution in [0.25, 0.3) is 22.6 Å². The van der Waals surface area contributed by atoms with Crippen LogP contribution in [0.4, 0.5) is 5.69 Å². The van der Waals surface area contributed by atoms with Crippen LogP contribution in [0.3, 0.4) is 0 Å². The van der Waals surface area contributed by atoms with Crippen LogP contribution in [0.1, 0.15) is 12.5 Å². The lowest BCUT2D eigenvalue weighted by atomic mass is 10.1. The van der Waals surface area contributed by atoms with E-state index in [1.54, 1.807) is 18.2 Å². The van der Waals surface area contributed by atoms with E-state index in [1.165, 1.54) is 6.92 Å². The predicted octanol–water partition coefficient (Wildman–Crippen LogP) is 4.42. The van der Waals surface area contributed by atoms with E-state index in [4.69, 9.17) is 16.0 Å². The summed E-state index contributed by atoms with van der Waals surface area (Å²) in [5, 5.41) is 3.32. The fourth-order valence-corrected chi connectivity index (χ4v) is 2.43. The minimum atomic E-state index is -0.125. The van der Waals surface area contributed by atoms with Gasteiger partial charge in [-0.3, -0.25) is 4.79 Å². The zero-order valence-electron chi connectivity index (χ0n) is 11.6. The third kappa shape index (κ3) is 2.76. The van der Waals surface area contributed by atoms with Gasteiger partial charge in [0.2, 0.25) is 11.8 Å². The van der Waals surface area contributed by atoms with E-state index in [1.807, 2.05) is 25.1 Å². The fourth-order valence-electron chi connectivity index (χ4n) is 2.12. The van der Waals surface area contributed by atoms with Gasteiger partial charge in [-0.2, -0.15) is 0 Å². The summed E-state index contributed by atoms with van der Waals surface area (Å²) in [5.74, 6) is 0.342. The molecule has 0 aliphatic rings. The molecule has 0 aliphatic heterocycles. The van der Waals surface area contributed by atoms with Gasteiger partial charge in [-0.05, 0) is 42.8 Å². The highest BCUT2D eigenvalue weighted by molar-refractivity contribution is 6.33. The van der Waals surface area contributed by atoms with Crippen molar-refractivity contribution in [1.82, 2.24) is 4.98 Å². The van der Waals surface area contributed by atoms with Crippen molar-refractivity contribution in [2.45, 2.75) is 13.8 Å². The monoisotopic (exact) mass is 300 g/mol.